The number of hydrogen-bond acceptors (Lipinski definition) is 4. The summed E-state index contributed by atoms with van der Waals surface area (Å²) < 4.78 is 13.1. The minimum atomic E-state index is -1.23. The first kappa shape index (κ1) is 18.8. The number of nitrogens with one attached hydrogen (secondary N) is 1. The van der Waals surface area contributed by atoms with E-state index in [0.717, 1.165) is 42.3 Å². The average molecular weight is 392 g/mol. The highest BCUT2D eigenvalue weighted by atomic mass is 32.2. The lowest BCUT2D eigenvalue weighted by Gasteiger charge is -2.34. The Morgan fingerprint density at radius 2 is 1.86 bits per heavy atom. The number of fused-ring (bicyclic) bond motifs is 2. The molecule has 1 N–H and O–H groups in total. The van der Waals surface area contributed by atoms with Crippen LogP contribution in [0.2, 0.25) is 0 Å². The number of nitrogens with zero attached hydrogens (tertiary/aromatic N) is 2. The third kappa shape index (κ3) is 3.60. The summed E-state index contributed by atoms with van der Waals surface area (Å²) in [4.78, 5) is 7.59. The van der Waals surface area contributed by atoms with Gasteiger partial charge in [-0.2, -0.15) is 0 Å². The molecule has 144 valence electrons. The Hall–Kier alpha value is -2.50. The van der Waals surface area contributed by atoms with Crippen molar-refractivity contribution in [3.63, 3.8) is 0 Å². The van der Waals surface area contributed by atoms with E-state index in [1.165, 1.54) is 16.7 Å². The molecule has 0 spiro atoms. The zero-order valence-electron chi connectivity index (χ0n) is 16.3. The van der Waals surface area contributed by atoms with Crippen LogP contribution in [0.5, 0.6) is 0 Å². The van der Waals surface area contributed by atoms with Crippen molar-refractivity contribution in [2.24, 2.45) is 0 Å². The normalized spacial score (nSPS) is 15.2. The van der Waals surface area contributed by atoms with Gasteiger partial charge in [-0.05, 0) is 61.7 Å². The van der Waals surface area contributed by atoms with E-state index >= 15 is 0 Å². The minimum Gasteiger partial charge on any atom is -0.338 e. The lowest BCUT2D eigenvalue weighted by molar-refractivity contribution is 0.645. The Bertz CT molecular complexity index is 1000. The molecule has 1 aliphatic heterocycles. The second kappa shape index (κ2) is 8.25. The molecule has 0 saturated carbocycles. The summed E-state index contributed by atoms with van der Waals surface area (Å²) in [5, 5.41) is 4.18. The van der Waals surface area contributed by atoms with Gasteiger partial charge in [-0.25, -0.2) is 9.19 Å². The molecule has 4 nitrogen and oxygen atoms in total. The molecule has 0 bridgehead atoms. The van der Waals surface area contributed by atoms with Crippen LogP contribution in [0.1, 0.15) is 23.1 Å². The third-order valence-electron chi connectivity index (χ3n) is 5.26. The Kier molecular flexibility index (Phi) is 5.55. The van der Waals surface area contributed by atoms with Gasteiger partial charge in [0.15, 0.2) is 5.03 Å². The fourth-order valence-electron chi connectivity index (χ4n) is 3.64. The Balaban J connectivity index is 1.53. The van der Waals surface area contributed by atoms with Gasteiger partial charge in [0.05, 0.1) is 16.3 Å². The topological polar surface area (TPSA) is 45.2 Å². The van der Waals surface area contributed by atoms with E-state index in [4.69, 9.17) is 0 Å². The van der Waals surface area contributed by atoms with Gasteiger partial charge in [-0.1, -0.05) is 36.4 Å². The smallest absolute Gasteiger partial charge is 0.155 e. The van der Waals surface area contributed by atoms with E-state index in [9.17, 15) is 4.21 Å². The Morgan fingerprint density at radius 1 is 1.04 bits per heavy atom. The largest absolute Gasteiger partial charge is 0.338 e. The third-order valence-corrected chi connectivity index (χ3v) is 6.65. The number of hydrogen-bond donors (Lipinski definition) is 1. The summed E-state index contributed by atoms with van der Waals surface area (Å²) in [6.45, 7) is 6.88. The van der Waals surface area contributed by atoms with Crippen molar-refractivity contribution in [2.75, 3.05) is 18.0 Å². The number of anilines is 2. The molecule has 0 amide bonds. The molecular weight excluding hydrogens is 366 g/mol. The van der Waals surface area contributed by atoms with Gasteiger partial charge in [0.2, 0.25) is 0 Å². The van der Waals surface area contributed by atoms with Crippen LogP contribution >= 0.6 is 0 Å². The van der Waals surface area contributed by atoms with Crippen molar-refractivity contribution >= 4 is 22.2 Å². The van der Waals surface area contributed by atoms with Gasteiger partial charge < -0.3 is 10.2 Å². The molecule has 2 aromatic carbocycles. The van der Waals surface area contributed by atoms with Crippen molar-refractivity contribution in [1.29, 1.82) is 0 Å². The molecule has 0 fully saturated rings. The molecule has 5 heteroatoms. The van der Waals surface area contributed by atoms with Gasteiger partial charge in [-0.3, -0.25) is 0 Å². The molecule has 1 aliphatic rings. The molecule has 0 radical (unpaired) electrons. The molecule has 1 aromatic heterocycles. The minimum absolute atomic E-state index is 0.662. The van der Waals surface area contributed by atoms with Crippen molar-refractivity contribution in [2.45, 2.75) is 36.7 Å². The predicted octanol–water partition coefficient (Wildman–Crippen LogP) is 4.50. The predicted molar refractivity (Wildman–Crippen MR) is 115 cm³/mol. The quantitative estimate of drug-likeness (QED) is 0.629. The second-order valence-electron chi connectivity index (χ2n) is 7.12. The number of rotatable bonds is 6. The summed E-state index contributed by atoms with van der Waals surface area (Å²) in [5.74, 6) is 0. The second-order valence-corrected chi connectivity index (χ2v) is 8.48. The lowest BCUT2D eigenvalue weighted by atomic mass is 10.1. The van der Waals surface area contributed by atoms with Crippen molar-refractivity contribution < 1.29 is 4.21 Å². The highest BCUT2D eigenvalue weighted by molar-refractivity contribution is 7.85. The number of aromatic nitrogens is 1. The number of pyridine rings is 1. The van der Waals surface area contributed by atoms with Crippen LogP contribution in [0.15, 0.2) is 70.7 Å². The summed E-state index contributed by atoms with van der Waals surface area (Å²) in [6, 6.07) is 18.4. The van der Waals surface area contributed by atoms with Crippen molar-refractivity contribution in [3.8, 4) is 0 Å². The molecule has 3 aromatic rings. The molecule has 1 atom stereocenters. The summed E-state index contributed by atoms with van der Waals surface area (Å²) >= 11 is 0. The van der Waals surface area contributed by atoms with E-state index in [1.807, 2.05) is 24.3 Å². The summed E-state index contributed by atoms with van der Waals surface area (Å²) in [7, 11) is -1.23. The van der Waals surface area contributed by atoms with Crippen LogP contribution in [0.25, 0.3) is 0 Å². The molecule has 2 heterocycles. The lowest BCUT2D eigenvalue weighted by Crippen LogP contribution is -2.29. The van der Waals surface area contributed by atoms with E-state index in [2.05, 4.69) is 59.4 Å². The van der Waals surface area contributed by atoms with Crippen LogP contribution in [0.3, 0.4) is 0 Å². The van der Waals surface area contributed by atoms with E-state index in [1.54, 1.807) is 6.20 Å². The number of benzene rings is 2. The van der Waals surface area contributed by atoms with Crippen LogP contribution in [0, 0.1) is 13.8 Å². The van der Waals surface area contributed by atoms with E-state index in [-0.39, 0.29) is 0 Å². The van der Waals surface area contributed by atoms with Crippen LogP contribution in [-0.2, 0) is 17.3 Å². The fraction of sp³-hybridized carbons (Fsp3) is 0.261. The van der Waals surface area contributed by atoms with Gasteiger partial charge in [0, 0.05) is 19.3 Å². The monoisotopic (exact) mass is 391 g/mol. The molecule has 28 heavy (non-hydrogen) atoms. The molecule has 0 saturated heterocycles. The highest BCUT2D eigenvalue weighted by Crippen LogP contribution is 2.43. The van der Waals surface area contributed by atoms with E-state index in [0.29, 0.717) is 5.03 Å². The van der Waals surface area contributed by atoms with Crippen LogP contribution in [-0.4, -0.2) is 22.3 Å². The van der Waals surface area contributed by atoms with Gasteiger partial charge in [-0.15, -0.1) is 0 Å². The SMILES string of the molecule is Cc1ccc2c(c1C)N(CCCNCc1ccccc1)c1cccnc1S2=O. The van der Waals surface area contributed by atoms with Gasteiger partial charge >= 0.3 is 0 Å². The maximum absolute atomic E-state index is 13.1. The first-order chi connectivity index (χ1) is 13.7. The zero-order chi connectivity index (χ0) is 19.5. The first-order valence-electron chi connectivity index (χ1n) is 9.66. The summed E-state index contributed by atoms with van der Waals surface area (Å²) in [5.41, 5.74) is 5.75. The van der Waals surface area contributed by atoms with E-state index < -0.39 is 10.8 Å². The van der Waals surface area contributed by atoms with Gasteiger partial charge in [0.1, 0.15) is 10.8 Å². The van der Waals surface area contributed by atoms with Crippen molar-refractivity contribution in [1.82, 2.24) is 10.3 Å². The Morgan fingerprint density at radius 3 is 2.68 bits per heavy atom. The average Bonchev–Trinajstić information content (AvgIpc) is 2.73. The maximum Gasteiger partial charge on any atom is 0.155 e. The molecule has 0 aliphatic carbocycles. The molecule has 4 rings (SSSR count). The fourth-order valence-corrected chi connectivity index (χ4v) is 5.00. The standard InChI is InChI=1S/C23H25N3OS/c1-17-11-12-21-22(18(17)2)26(20-10-6-14-25-23(20)28(21)27)15-7-13-24-16-19-8-4-3-5-9-19/h3-6,8-12,14,24H,7,13,15-16H2,1-2H3. The molecule has 1 unspecified atom stereocenters. The number of aryl methyl sites for hydroxylation is 1. The molecular formula is C23H25N3OS. The maximum atomic E-state index is 13.1. The first-order valence-corrected chi connectivity index (χ1v) is 10.8. The summed E-state index contributed by atoms with van der Waals surface area (Å²) in [6.07, 6.45) is 2.71. The Labute approximate surface area is 169 Å². The zero-order valence-corrected chi connectivity index (χ0v) is 17.1. The van der Waals surface area contributed by atoms with Crippen molar-refractivity contribution in [3.05, 3.63) is 77.5 Å². The van der Waals surface area contributed by atoms with Gasteiger partial charge in [0.25, 0.3) is 0 Å². The van der Waals surface area contributed by atoms with Crippen LogP contribution < -0.4 is 10.2 Å². The van der Waals surface area contributed by atoms with Crippen LogP contribution in [0.4, 0.5) is 11.4 Å². The highest BCUT2D eigenvalue weighted by Gasteiger charge is 2.30.